The van der Waals surface area contributed by atoms with Crippen molar-refractivity contribution in [2.45, 2.75) is 37.8 Å². The van der Waals surface area contributed by atoms with Crippen molar-refractivity contribution in [2.24, 2.45) is 5.73 Å². The molecule has 0 aliphatic carbocycles. The van der Waals surface area contributed by atoms with Crippen LogP contribution in [0.15, 0.2) is 24.4 Å². The summed E-state index contributed by atoms with van der Waals surface area (Å²) in [7, 11) is 1.61. The molecule has 1 saturated heterocycles. The van der Waals surface area contributed by atoms with Gasteiger partial charge in [-0.05, 0) is 43.9 Å². The van der Waals surface area contributed by atoms with Crippen molar-refractivity contribution in [3.8, 4) is 5.75 Å². The molecule has 22 heavy (non-hydrogen) atoms. The molecule has 118 valence electrons. The average molecular weight is 304 g/mol. The Morgan fingerprint density at radius 3 is 3.00 bits per heavy atom. The van der Waals surface area contributed by atoms with Gasteiger partial charge in [-0.2, -0.15) is 0 Å². The summed E-state index contributed by atoms with van der Waals surface area (Å²) < 4.78 is 24.8. The van der Waals surface area contributed by atoms with Gasteiger partial charge in [-0.1, -0.05) is 0 Å². The molecule has 1 aromatic heterocycles. The second-order valence-corrected chi connectivity index (χ2v) is 5.80. The summed E-state index contributed by atoms with van der Waals surface area (Å²) in [5, 5.41) is 0.812. The van der Waals surface area contributed by atoms with E-state index in [2.05, 4.69) is 4.98 Å². The third-order valence-electron chi connectivity index (χ3n) is 4.24. The predicted octanol–water partition coefficient (Wildman–Crippen LogP) is 2.82. The van der Waals surface area contributed by atoms with E-state index < -0.39 is 0 Å². The zero-order valence-corrected chi connectivity index (χ0v) is 12.7. The highest BCUT2D eigenvalue weighted by molar-refractivity contribution is 5.84. The van der Waals surface area contributed by atoms with Gasteiger partial charge in [-0.25, -0.2) is 4.39 Å². The van der Waals surface area contributed by atoms with Crippen LogP contribution in [0.4, 0.5) is 4.39 Å². The molecule has 1 fully saturated rings. The molecule has 3 rings (SSSR count). The third kappa shape index (κ3) is 3.20. The largest absolute Gasteiger partial charge is 0.495 e. The molecule has 1 aliphatic heterocycles. The molecule has 1 aliphatic rings. The standard InChI is InChI=1S/C17H21FN2O2/c1-21-17-9-20-16-7-2-11(18)8-15(16)14(17)6-5-13-4-3-12(19)10-22-13/h2,7-9,12-13H,3-6,10,19H2,1H3/t12-,13-/m1/s1. The van der Waals surface area contributed by atoms with E-state index in [0.29, 0.717) is 12.4 Å². The fourth-order valence-corrected chi connectivity index (χ4v) is 2.99. The van der Waals surface area contributed by atoms with Gasteiger partial charge >= 0.3 is 0 Å². The van der Waals surface area contributed by atoms with Crippen molar-refractivity contribution in [3.63, 3.8) is 0 Å². The average Bonchev–Trinajstić information content (AvgIpc) is 2.54. The first kappa shape index (κ1) is 15.2. The second kappa shape index (κ2) is 6.58. The fourth-order valence-electron chi connectivity index (χ4n) is 2.99. The van der Waals surface area contributed by atoms with Crippen molar-refractivity contribution in [1.29, 1.82) is 0 Å². The van der Waals surface area contributed by atoms with Crippen LogP contribution in [-0.4, -0.2) is 30.8 Å². The lowest BCUT2D eigenvalue weighted by Crippen LogP contribution is -2.35. The first-order valence-electron chi connectivity index (χ1n) is 7.65. The first-order chi connectivity index (χ1) is 10.7. The molecule has 0 saturated carbocycles. The summed E-state index contributed by atoms with van der Waals surface area (Å²) in [6.45, 7) is 0.619. The predicted molar refractivity (Wildman–Crippen MR) is 83.5 cm³/mol. The van der Waals surface area contributed by atoms with Gasteiger partial charge < -0.3 is 15.2 Å². The van der Waals surface area contributed by atoms with Crippen LogP contribution in [0.1, 0.15) is 24.8 Å². The number of methoxy groups -OCH3 is 1. The molecule has 1 aromatic carbocycles. The quantitative estimate of drug-likeness (QED) is 0.943. The molecule has 0 amide bonds. The van der Waals surface area contributed by atoms with E-state index in [0.717, 1.165) is 42.1 Å². The molecule has 0 unspecified atom stereocenters. The lowest BCUT2D eigenvalue weighted by Gasteiger charge is -2.27. The number of halogens is 1. The number of aromatic nitrogens is 1. The van der Waals surface area contributed by atoms with Crippen molar-refractivity contribution < 1.29 is 13.9 Å². The molecule has 0 radical (unpaired) electrons. The van der Waals surface area contributed by atoms with Gasteiger partial charge in [-0.3, -0.25) is 4.98 Å². The molecule has 0 bridgehead atoms. The van der Waals surface area contributed by atoms with Gasteiger partial charge in [0.2, 0.25) is 0 Å². The zero-order chi connectivity index (χ0) is 15.5. The van der Waals surface area contributed by atoms with Crippen molar-refractivity contribution in [3.05, 3.63) is 35.8 Å². The third-order valence-corrected chi connectivity index (χ3v) is 4.24. The van der Waals surface area contributed by atoms with Crippen LogP contribution in [0.5, 0.6) is 5.75 Å². The van der Waals surface area contributed by atoms with Gasteiger partial charge in [0.05, 0.1) is 31.5 Å². The minimum atomic E-state index is -0.260. The van der Waals surface area contributed by atoms with Crippen LogP contribution in [0.25, 0.3) is 10.9 Å². The van der Waals surface area contributed by atoms with Crippen molar-refractivity contribution in [1.82, 2.24) is 4.98 Å². The summed E-state index contributed by atoms with van der Waals surface area (Å²) in [6, 6.07) is 4.81. The Morgan fingerprint density at radius 2 is 2.27 bits per heavy atom. The van der Waals surface area contributed by atoms with Crippen LogP contribution in [0, 0.1) is 5.82 Å². The molecule has 2 atom stereocenters. The van der Waals surface area contributed by atoms with E-state index >= 15 is 0 Å². The van der Waals surface area contributed by atoms with Crippen molar-refractivity contribution >= 4 is 10.9 Å². The second-order valence-electron chi connectivity index (χ2n) is 5.80. The number of ether oxygens (including phenoxy) is 2. The van der Waals surface area contributed by atoms with E-state index in [1.54, 1.807) is 19.4 Å². The highest BCUT2D eigenvalue weighted by Gasteiger charge is 2.20. The van der Waals surface area contributed by atoms with E-state index in [4.69, 9.17) is 15.2 Å². The summed E-state index contributed by atoms with van der Waals surface area (Å²) >= 11 is 0. The number of benzene rings is 1. The molecule has 4 nitrogen and oxygen atoms in total. The van der Waals surface area contributed by atoms with Crippen LogP contribution >= 0.6 is 0 Å². The van der Waals surface area contributed by atoms with Gasteiger partial charge in [0.25, 0.3) is 0 Å². The Bertz CT molecular complexity index is 654. The number of fused-ring (bicyclic) bond motifs is 1. The topological polar surface area (TPSA) is 57.4 Å². The lowest BCUT2D eigenvalue weighted by atomic mass is 9.97. The summed E-state index contributed by atoms with van der Waals surface area (Å²) in [6.07, 6.45) is 5.52. The normalized spacial score (nSPS) is 22.0. The number of hydrogen-bond acceptors (Lipinski definition) is 4. The maximum atomic E-state index is 13.6. The Kier molecular flexibility index (Phi) is 4.55. The van der Waals surface area contributed by atoms with Gasteiger partial charge in [-0.15, -0.1) is 0 Å². The van der Waals surface area contributed by atoms with Gasteiger partial charge in [0.15, 0.2) is 0 Å². The molecular weight excluding hydrogens is 283 g/mol. The number of pyridine rings is 1. The molecule has 2 heterocycles. The first-order valence-corrected chi connectivity index (χ1v) is 7.65. The molecule has 2 N–H and O–H groups in total. The minimum Gasteiger partial charge on any atom is -0.495 e. The van der Waals surface area contributed by atoms with E-state index in [-0.39, 0.29) is 18.0 Å². The maximum absolute atomic E-state index is 13.6. The summed E-state index contributed by atoms with van der Waals surface area (Å²) in [5.74, 6) is 0.439. The van der Waals surface area contributed by atoms with Crippen LogP contribution < -0.4 is 10.5 Å². The molecule has 2 aromatic rings. The summed E-state index contributed by atoms with van der Waals surface area (Å²) in [4.78, 5) is 4.32. The molecule has 0 spiro atoms. The van der Waals surface area contributed by atoms with Gasteiger partial charge in [0.1, 0.15) is 11.6 Å². The number of aryl methyl sites for hydroxylation is 1. The number of nitrogens with zero attached hydrogens (tertiary/aromatic N) is 1. The zero-order valence-electron chi connectivity index (χ0n) is 12.7. The van der Waals surface area contributed by atoms with E-state index in [1.165, 1.54) is 12.1 Å². The minimum absolute atomic E-state index is 0.154. The Balaban J connectivity index is 1.83. The van der Waals surface area contributed by atoms with Crippen LogP contribution in [0.3, 0.4) is 0 Å². The fraction of sp³-hybridized carbons (Fsp3) is 0.471. The molecular formula is C17H21FN2O2. The van der Waals surface area contributed by atoms with E-state index in [1.807, 2.05) is 0 Å². The Hall–Kier alpha value is -1.72. The van der Waals surface area contributed by atoms with Gasteiger partial charge in [0, 0.05) is 17.0 Å². The maximum Gasteiger partial charge on any atom is 0.140 e. The SMILES string of the molecule is COc1cnc2ccc(F)cc2c1CC[C@H]1CC[C@@H](N)CO1. The van der Waals surface area contributed by atoms with Crippen molar-refractivity contribution in [2.75, 3.05) is 13.7 Å². The number of rotatable bonds is 4. The Morgan fingerprint density at radius 1 is 1.41 bits per heavy atom. The van der Waals surface area contributed by atoms with Crippen LogP contribution in [-0.2, 0) is 11.2 Å². The molecule has 5 heteroatoms. The monoisotopic (exact) mass is 304 g/mol. The highest BCUT2D eigenvalue weighted by Crippen LogP contribution is 2.29. The Labute approximate surface area is 129 Å². The van der Waals surface area contributed by atoms with E-state index in [9.17, 15) is 4.39 Å². The number of hydrogen-bond donors (Lipinski definition) is 1. The number of nitrogens with two attached hydrogens (primary N) is 1. The lowest BCUT2D eigenvalue weighted by molar-refractivity contribution is 0.00110. The summed E-state index contributed by atoms with van der Waals surface area (Å²) in [5.41, 5.74) is 7.62. The highest BCUT2D eigenvalue weighted by atomic mass is 19.1. The van der Waals surface area contributed by atoms with Crippen LogP contribution in [0.2, 0.25) is 0 Å². The smallest absolute Gasteiger partial charge is 0.140 e.